The molecule has 0 aliphatic heterocycles. The Hall–Kier alpha value is -0.940. The highest BCUT2D eigenvalue weighted by atomic mass is 79.9. The number of benzene rings is 1. The summed E-state index contributed by atoms with van der Waals surface area (Å²) in [5.41, 5.74) is -1.19. The highest BCUT2D eigenvalue weighted by Gasteiger charge is 2.41. The summed E-state index contributed by atoms with van der Waals surface area (Å²) >= 11 is 3.03. The van der Waals surface area contributed by atoms with E-state index in [4.69, 9.17) is 0 Å². The lowest BCUT2D eigenvalue weighted by Crippen LogP contribution is -2.40. The zero-order valence-corrected chi connectivity index (χ0v) is 12.0. The van der Waals surface area contributed by atoms with Crippen LogP contribution >= 0.6 is 15.9 Å². The van der Waals surface area contributed by atoms with E-state index >= 15 is 0 Å². The molecule has 0 aliphatic carbocycles. The first kappa shape index (κ1) is 15.1. The van der Waals surface area contributed by atoms with Gasteiger partial charge in [-0.3, -0.25) is 4.79 Å². The van der Waals surface area contributed by atoms with Crippen LogP contribution in [0.5, 0.6) is 0 Å². The third-order valence-corrected chi connectivity index (χ3v) is 3.65. The highest BCUT2D eigenvalue weighted by molar-refractivity contribution is 9.10. The standard InChI is InChI=1S/C13H16BrFO3/c1-7(2)11(12(16)17)13(3,18)8-4-5-10(15)9(14)6-8/h4-7,11,18H,1-3H3,(H,16,17). The normalized spacial score (nSPS) is 16.4. The third kappa shape index (κ3) is 2.90. The predicted octanol–water partition coefficient (Wildman–Crippen LogP) is 3.15. The lowest BCUT2D eigenvalue weighted by Gasteiger charge is -2.33. The van der Waals surface area contributed by atoms with Gasteiger partial charge < -0.3 is 10.2 Å². The summed E-state index contributed by atoms with van der Waals surface area (Å²) in [5.74, 6) is -2.74. The average molecular weight is 319 g/mol. The molecule has 100 valence electrons. The second-order valence-electron chi connectivity index (χ2n) is 4.84. The Morgan fingerprint density at radius 1 is 1.44 bits per heavy atom. The zero-order valence-electron chi connectivity index (χ0n) is 10.4. The Labute approximate surface area is 114 Å². The minimum atomic E-state index is -1.56. The van der Waals surface area contributed by atoms with Gasteiger partial charge in [0.05, 0.1) is 10.4 Å². The molecule has 0 radical (unpaired) electrons. The number of aliphatic hydroxyl groups is 1. The average Bonchev–Trinajstić information content (AvgIpc) is 2.19. The summed E-state index contributed by atoms with van der Waals surface area (Å²) in [6.07, 6.45) is 0. The van der Waals surface area contributed by atoms with E-state index in [1.807, 2.05) is 0 Å². The smallest absolute Gasteiger partial charge is 0.310 e. The van der Waals surface area contributed by atoms with Crippen molar-refractivity contribution in [3.8, 4) is 0 Å². The summed E-state index contributed by atoms with van der Waals surface area (Å²) in [6, 6.07) is 4.01. The van der Waals surface area contributed by atoms with Gasteiger partial charge in [-0.05, 0) is 46.5 Å². The second-order valence-corrected chi connectivity index (χ2v) is 5.69. The van der Waals surface area contributed by atoms with Gasteiger partial charge in [-0.25, -0.2) is 4.39 Å². The summed E-state index contributed by atoms with van der Waals surface area (Å²) in [7, 11) is 0. The molecule has 2 unspecified atom stereocenters. The molecule has 1 rings (SSSR count). The van der Waals surface area contributed by atoms with E-state index in [9.17, 15) is 19.4 Å². The topological polar surface area (TPSA) is 57.5 Å². The Morgan fingerprint density at radius 3 is 2.39 bits per heavy atom. The second kappa shape index (κ2) is 5.36. The van der Waals surface area contributed by atoms with Crippen molar-refractivity contribution in [3.63, 3.8) is 0 Å². The van der Waals surface area contributed by atoms with E-state index in [0.29, 0.717) is 5.56 Å². The van der Waals surface area contributed by atoms with Crippen molar-refractivity contribution in [2.45, 2.75) is 26.4 Å². The summed E-state index contributed by atoms with van der Waals surface area (Å²) in [5, 5.41) is 19.7. The van der Waals surface area contributed by atoms with Gasteiger partial charge in [0.15, 0.2) is 0 Å². The van der Waals surface area contributed by atoms with Crippen LogP contribution in [0, 0.1) is 17.7 Å². The fraction of sp³-hybridized carbons (Fsp3) is 0.462. The number of hydrogen-bond acceptors (Lipinski definition) is 2. The molecule has 2 atom stereocenters. The van der Waals surface area contributed by atoms with Crippen LogP contribution in [0.1, 0.15) is 26.3 Å². The lowest BCUT2D eigenvalue weighted by atomic mass is 9.76. The fourth-order valence-corrected chi connectivity index (χ4v) is 2.54. The molecule has 5 heteroatoms. The predicted molar refractivity (Wildman–Crippen MR) is 69.6 cm³/mol. The van der Waals surface area contributed by atoms with Gasteiger partial charge in [-0.2, -0.15) is 0 Å². The Balaban J connectivity index is 3.25. The van der Waals surface area contributed by atoms with Crippen LogP contribution in [0.25, 0.3) is 0 Å². The Bertz CT molecular complexity index is 458. The minimum absolute atomic E-state index is 0.202. The van der Waals surface area contributed by atoms with Crippen LogP contribution in [0.2, 0.25) is 0 Å². The number of rotatable bonds is 4. The number of carboxylic acid groups (broad SMARTS) is 1. The fourth-order valence-electron chi connectivity index (χ4n) is 2.17. The summed E-state index contributed by atoms with van der Waals surface area (Å²) < 4.78 is 13.4. The maximum absolute atomic E-state index is 13.2. The van der Waals surface area contributed by atoms with E-state index in [0.717, 1.165) is 0 Å². The summed E-state index contributed by atoms with van der Waals surface area (Å²) in [6.45, 7) is 4.89. The van der Waals surface area contributed by atoms with Crippen molar-refractivity contribution >= 4 is 21.9 Å². The maximum Gasteiger partial charge on any atom is 0.310 e. The molecular formula is C13H16BrFO3. The third-order valence-electron chi connectivity index (χ3n) is 3.04. The minimum Gasteiger partial charge on any atom is -0.481 e. The van der Waals surface area contributed by atoms with Crippen LogP contribution in [-0.2, 0) is 10.4 Å². The van der Waals surface area contributed by atoms with Crippen molar-refractivity contribution < 1.29 is 19.4 Å². The first-order chi connectivity index (χ1) is 8.17. The van der Waals surface area contributed by atoms with Gasteiger partial charge in [0.1, 0.15) is 11.4 Å². The van der Waals surface area contributed by atoms with E-state index in [-0.39, 0.29) is 10.4 Å². The van der Waals surface area contributed by atoms with E-state index in [2.05, 4.69) is 15.9 Å². The molecule has 0 spiro atoms. The molecule has 0 fully saturated rings. The molecule has 0 aromatic heterocycles. The van der Waals surface area contributed by atoms with Crippen LogP contribution in [-0.4, -0.2) is 16.2 Å². The first-order valence-corrected chi connectivity index (χ1v) is 6.38. The highest BCUT2D eigenvalue weighted by Crippen LogP contribution is 2.36. The quantitative estimate of drug-likeness (QED) is 0.896. The molecule has 0 saturated heterocycles. The van der Waals surface area contributed by atoms with Gasteiger partial charge >= 0.3 is 5.97 Å². The number of halogens is 2. The van der Waals surface area contributed by atoms with E-state index in [1.165, 1.54) is 25.1 Å². The van der Waals surface area contributed by atoms with Gasteiger partial charge in [0.25, 0.3) is 0 Å². The molecule has 0 aliphatic rings. The SMILES string of the molecule is CC(C)C(C(=O)O)C(C)(O)c1ccc(F)c(Br)c1. The van der Waals surface area contributed by atoms with Gasteiger partial charge in [-0.1, -0.05) is 19.9 Å². The largest absolute Gasteiger partial charge is 0.481 e. The molecule has 0 saturated carbocycles. The van der Waals surface area contributed by atoms with Crippen molar-refractivity contribution in [1.29, 1.82) is 0 Å². The number of hydrogen-bond donors (Lipinski definition) is 2. The van der Waals surface area contributed by atoms with Crippen LogP contribution < -0.4 is 0 Å². The number of carbonyl (C=O) groups is 1. The van der Waals surface area contributed by atoms with Gasteiger partial charge in [-0.15, -0.1) is 0 Å². The lowest BCUT2D eigenvalue weighted by molar-refractivity contribution is -0.155. The molecule has 0 amide bonds. The Kier molecular flexibility index (Phi) is 4.50. The molecule has 0 heterocycles. The molecule has 3 nitrogen and oxygen atoms in total. The molecule has 1 aromatic rings. The van der Waals surface area contributed by atoms with E-state index in [1.54, 1.807) is 13.8 Å². The van der Waals surface area contributed by atoms with Crippen LogP contribution in [0.3, 0.4) is 0 Å². The van der Waals surface area contributed by atoms with Crippen molar-refractivity contribution in [2.75, 3.05) is 0 Å². The van der Waals surface area contributed by atoms with Crippen LogP contribution in [0.4, 0.5) is 4.39 Å². The van der Waals surface area contributed by atoms with Crippen molar-refractivity contribution in [2.24, 2.45) is 11.8 Å². The van der Waals surface area contributed by atoms with Gasteiger partial charge in [0, 0.05) is 0 Å². The molecule has 18 heavy (non-hydrogen) atoms. The molecule has 2 N–H and O–H groups in total. The molecule has 1 aromatic carbocycles. The maximum atomic E-state index is 13.2. The molecular weight excluding hydrogens is 303 g/mol. The van der Waals surface area contributed by atoms with Gasteiger partial charge in [0.2, 0.25) is 0 Å². The van der Waals surface area contributed by atoms with E-state index < -0.39 is 23.3 Å². The van der Waals surface area contributed by atoms with Crippen LogP contribution in [0.15, 0.2) is 22.7 Å². The van der Waals surface area contributed by atoms with Crippen molar-refractivity contribution in [3.05, 3.63) is 34.1 Å². The Morgan fingerprint density at radius 2 is 2.00 bits per heavy atom. The zero-order chi connectivity index (χ0) is 14.1. The molecule has 0 bridgehead atoms. The first-order valence-electron chi connectivity index (χ1n) is 5.58. The number of carboxylic acids is 1. The van der Waals surface area contributed by atoms with Crippen molar-refractivity contribution in [1.82, 2.24) is 0 Å². The summed E-state index contributed by atoms with van der Waals surface area (Å²) in [4.78, 5) is 11.3. The monoisotopic (exact) mass is 318 g/mol. The number of aliphatic carboxylic acids is 1.